The molecular weight excluding hydrogens is 281 g/mol. The average Bonchev–Trinajstić information content (AvgIpc) is 2.40. The van der Waals surface area contributed by atoms with Crippen LogP contribution in [0.1, 0.15) is 51.3 Å². The van der Waals surface area contributed by atoms with E-state index < -0.39 is 12.0 Å². The Labute approximate surface area is 122 Å². The van der Waals surface area contributed by atoms with Crippen molar-refractivity contribution in [3.05, 3.63) is 11.9 Å². The van der Waals surface area contributed by atoms with Gasteiger partial charge in [-0.05, 0) is 31.6 Å². The number of rotatable bonds is 4. The molecule has 1 aromatic heterocycles. The summed E-state index contributed by atoms with van der Waals surface area (Å²) in [7, 11) is 0. The lowest BCUT2D eigenvalue weighted by molar-refractivity contribution is -0.144. The van der Waals surface area contributed by atoms with Gasteiger partial charge in [0, 0.05) is 12.1 Å². The van der Waals surface area contributed by atoms with E-state index in [1.54, 1.807) is 0 Å². The molecule has 1 aromatic rings. The molecule has 3 N–H and O–H groups in total. The Morgan fingerprint density at radius 1 is 1.24 bits per heavy atom. The molecule has 118 valence electrons. The van der Waals surface area contributed by atoms with E-state index in [1.807, 2.05) is 0 Å². The molecule has 1 fully saturated rings. The number of nitrogen functional groups attached to an aromatic ring is 1. The fourth-order valence-corrected chi connectivity index (χ4v) is 2.88. The molecule has 0 bridgehead atoms. The third-order valence-corrected chi connectivity index (χ3v) is 3.90. The fraction of sp³-hybridized carbons (Fsp3) is 0.714. The van der Waals surface area contributed by atoms with E-state index in [9.17, 15) is 13.2 Å². The van der Waals surface area contributed by atoms with E-state index in [4.69, 9.17) is 5.73 Å². The lowest BCUT2D eigenvalue weighted by Crippen LogP contribution is -2.27. The number of nitrogens with one attached hydrogen (secondary N) is 1. The molecular formula is C14H21F3N4. The number of alkyl halides is 3. The molecule has 0 spiro atoms. The maximum Gasteiger partial charge on any atom is 0.451 e. The molecule has 0 atom stereocenters. The van der Waals surface area contributed by atoms with E-state index in [1.165, 1.54) is 18.9 Å². The van der Waals surface area contributed by atoms with E-state index in [0.717, 1.165) is 31.6 Å². The van der Waals surface area contributed by atoms with E-state index in [-0.39, 0.29) is 17.7 Å². The van der Waals surface area contributed by atoms with Gasteiger partial charge in [0.2, 0.25) is 5.82 Å². The second-order valence-corrected chi connectivity index (χ2v) is 5.65. The highest BCUT2D eigenvalue weighted by molar-refractivity contribution is 5.45. The number of halogens is 3. The fourth-order valence-electron chi connectivity index (χ4n) is 2.88. The molecule has 0 aliphatic heterocycles. The first-order valence-electron chi connectivity index (χ1n) is 7.36. The summed E-state index contributed by atoms with van der Waals surface area (Å²) >= 11 is 0. The standard InChI is InChI=1S/C14H21F3N4/c1-2-3-9-4-6-10(7-5-9)19-12-8-11(18)20-13(21-12)14(15,16)17/h8-10H,2-7H2,1H3,(H3,18,19,20,21). The number of hydrogen-bond donors (Lipinski definition) is 2. The van der Waals surface area contributed by atoms with Gasteiger partial charge in [0.05, 0.1) is 0 Å². The number of nitrogens with two attached hydrogens (primary N) is 1. The Kier molecular flexibility index (Phi) is 4.90. The van der Waals surface area contributed by atoms with Gasteiger partial charge in [-0.3, -0.25) is 0 Å². The van der Waals surface area contributed by atoms with Crippen LogP contribution in [-0.2, 0) is 6.18 Å². The highest BCUT2D eigenvalue weighted by atomic mass is 19.4. The van der Waals surface area contributed by atoms with Crippen LogP contribution in [0.2, 0.25) is 0 Å². The highest BCUT2D eigenvalue weighted by Gasteiger charge is 2.35. The molecule has 21 heavy (non-hydrogen) atoms. The van der Waals surface area contributed by atoms with Crippen LogP contribution >= 0.6 is 0 Å². The van der Waals surface area contributed by atoms with Crippen LogP contribution in [0.25, 0.3) is 0 Å². The first kappa shape index (κ1) is 15.9. The topological polar surface area (TPSA) is 63.8 Å². The van der Waals surface area contributed by atoms with Crippen LogP contribution in [-0.4, -0.2) is 16.0 Å². The SMILES string of the molecule is CCCC1CCC(Nc2cc(N)nc(C(F)(F)F)n2)CC1. The minimum atomic E-state index is -4.58. The van der Waals surface area contributed by atoms with Crippen LogP contribution in [0.3, 0.4) is 0 Å². The summed E-state index contributed by atoms with van der Waals surface area (Å²) in [4.78, 5) is 6.76. The van der Waals surface area contributed by atoms with Crippen molar-refractivity contribution in [3.8, 4) is 0 Å². The zero-order valence-corrected chi connectivity index (χ0v) is 12.1. The van der Waals surface area contributed by atoms with Gasteiger partial charge in [-0.2, -0.15) is 13.2 Å². The predicted molar refractivity (Wildman–Crippen MR) is 75.7 cm³/mol. The van der Waals surface area contributed by atoms with Crippen LogP contribution in [0.4, 0.5) is 24.8 Å². The Bertz CT molecular complexity index is 468. The van der Waals surface area contributed by atoms with Gasteiger partial charge in [0.25, 0.3) is 0 Å². The number of anilines is 2. The Balaban J connectivity index is 1.99. The average molecular weight is 302 g/mol. The lowest BCUT2D eigenvalue weighted by atomic mass is 9.83. The zero-order chi connectivity index (χ0) is 15.5. The van der Waals surface area contributed by atoms with Crippen LogP contribution < -0.4 is 11.1 Å². The van der Waals surface area contributed by atoms with Gasteiger partial charge in [-0.25, -0.2) is 9.97 Å². The molecule has 4 nitrogen and oxygen atoms in total. The summed E-state index contributed by atoms with van der Waals surface area (Å²) in [5, 5.41) is 3.07. The Morgan fingerprint density at radius 2 is 1.90 bits per heavy atom. The number of aromatic nitrogens is 2. The second-order valence-electron chi connectivity index (χ2n) is 5.65. The first-order chi connectivity index (χ1) is 9.88. The van der Waals surface area contributed by atoms with Crippen molar-refractivity contribution in [1.82, 2.24) is 9.97 Å². The smallest absolute Gasteiger partial charge is 0.384 e. The summed E-state index contributed by atoms with van der Waals surface area (Å²) in [5.74, 6) is -0.452. The van der Waals surface area contributed by atoms with Gasteiger partial charge < -0.3 is 11.1 Å². The summed E-state index contributed by atoms with van der Waals surface area (Å²) in [5.41, 5.74) is 5.43. The van der Waals surface area contributed by atoms with Crippen molar-refractivity contribution in [1.29, 1.82) is 0 Å². The van der Waals surface area contributed by atoms with Crippen molar-refractivity contribution in [2.45, 2.75) is 57.7 Å². The summed E-state index contributed by atoms with van der Waals surface area (Å²) in [6.07, 6.45) is 1.96. The summed E-state index contributed by atoms with van der Waals surface area (Å²) < 4.78 is 38.0. The molecule has 0 unspecified atom stereocenters. The molecule has 0 saturated heterocycles. The molecule has 2 rings (SSSR count). The maximum absolute atomic E-state index is 12.7. The Hall–Kier alpha value is -1.53. The highest BCUT2D eigenvalue weighted by Crippen LogP contribution is 2.31. The molecule has 0 radical (unpaired) electrons. The molecule has 0 amide bonds. The van der Waals surface area contributed by atoms with E-state index >= 15 is 0 Å². The van der Waals surface area contributed by atoms with Crippen LogP contribution in [0.5, 0.6) is 0 Å². The van der Waals surface area contributed by atoms with Gasteiger partial charge in [-0.1, -0.05) is 19.8 Å². The molecule has 0 aromatic carbocycles. The largest absolute Gasteiger partial charge is 0.451 e. The third kappa shape index (κ3) is 4.47. The first-order valence-corrected chi connectivity index (χ1v) is 7.36. The van der Waals surface area contributed by atoms with Crippen LogP contribution in [0.15, 0.2) is 6.07 Å². The maximum atomic E-state index is 12.7. The third-order valence-electron chi connectivity index (χ3n) is 3.90. The van der Waals surface area contributed by atoms with Crippen molar-refractivity contribution in [2.24, 2.45) is 5.92 Å². The summed E-state index contributed by atoms with van der Waals surface area (Å²) in [6.45, 7) is 2.17. The molecule has 1 aliphatic rings. The van der Waals surface area contributed by atoms with Crippen molar-refractivity contribution in [2.75, 3.05) is 11.1 Å². The summed E-state index contributed by atoms with van der Waals surface area (Å²) in [6, 6.07) is 1.52. The molecule has 1 aliphatic carbocycles. The predicted octanol–water partition coefficient (Wildman–Crippen LogP) is 3.85. The van der Waals surface area contributed by atoms with Crippen LogP contribution in [0, 0.1) is 5.92 Å². The minimum absolute atomic E-state index is 0.161. The molecule has 7 heteroatoms. The van der Waals surface area contributed by atoms with Gasteiger partial charge >= 0.3 is 6.18 Å². The lowest BCUT2D eigenvalue weighted by Gasteiger charge is -2.29. The minimum Gasteiger partial charge on any atom is -0.384 e. The zero-order valence-electron chi connectivity index (χ0n) is 12.1. The number of nitrogens with zero attached hydrogens (tertiary/aromatic N) is 2. The van der Waals surface area contributed by atoms with Crippen molar-refractivity contribution < 1.29 is 13.2 Å². The van der Waals surface area contributed by atoms with Gasteiger partial charge in [0.15, 0.2) is 0 Å². The molecule has 1 heterocycles. The van der Waals surface area contributed by atoms with E-state index in [2.05, 4.69) is 22.2 Å². The quantitative estimate of drug-likeness (QED) is 0.886. The van der Waals surface area contributed by atoms with Crippen molar-refractivity contribution in [3.63, 3.8) is 0 Å². The van der Waals surface area contributed by atoms with Crippen molar-refractivity contribution >= 4 is 11.6 Å². The second kappa shape index (κ2) is 6.49. The number of hydrogen-bond acceptors (Lipinski definition) is 4. The molecule has 1 saturated carbocycles. The van der Waals surface area contributed by atoms with E-state index in [0.29, 0.717) is 0 Å². The Morgan fingerprint density at radius 3 is 2.48 bits per heavy atom. The monoisotopic (exact) mass is 302 g/mol. The van der Waals surface area contributed by atoms with Gasteiger partial charge in [-0.15, -0.1) is 0 Å². The van der Waals surface area contributed by atoms with Gasteiger partial charge in [0.1, 0.15) is 11.6 Å². The normalized spacial score (nSPS) is 23.0.